The molecule has 37 heavy (non-hydrogen) atoms. The molecule has 1 N–H and O–H groups in total. The van der Waals surface area contributed by atoms with E-state index in [0.717, 1.165) is 12.1 Å². The van der Waals surface area contributed by atoms with Crippen molar-refractivity contribution in [2.24, 2.45) is 5.92 Å². The average molecular weight is 540 g/mol. The number of nitrogens with zero attached hydrogens (tertiary/aromatic N) is 2. The quantitative estimate of drug-likeness (QED) is 0.578. The van der Waals surface area contributed by atoms with E-state index < -0.39 is 45.5 Å². The number of aromatic nitrogens is 1. The number of amides is 2. The number of nitrogens with one attached hydrogen (secondary N) is 1. The lowest BCUT2D eigenvalue weighted by atomic mass is 9.90. The maximum absolute atomic E-state index is 13.4. The second-order valence-corrected chi connectivity index (χ2v) is 11.6. The topological polar surface area (TPSA) is 106 Å². The molecule has 3 atom stereocenters. The largest absolute Gasteiger partial charge is 0.416 e. The van der Waals surface area contributed by atoms with Crippen LogP contribution in [-0.4, -0.2) is 61.2 Å². The minimum atomic E-state index is -4.47. The van der Waals surface area contributed by atoms with Crippen LogP contribution in [0.15, 0.2) is 47.6 Å². The van der Waals surface area contributed by atoms with E-state index in [1.807, 2.05) is 6.92 Å². The summed E-state index contributed by atoms with van der Waals surface area (Å²) in [6.45, 7) is 3.99. The van der Waals surface area contributed by atoms with Crippen molar-refractivity contribution >= 4 is 21.7 Å². The Kier molecular flexibility index (Phi) is 7.61. The van der Waals surface area contributed by atoms with Crippen molar-refractivity contribution in [2.75, 3.05) is 19.0 Å². The molecule has 0 saturated carbocycles. The average Bonchev–Trinajstić information content (AvgIpc) is 3.23. The third kappa shape index (κ3) is 5.64. The van der Waals surface area contributed by atoms with Crippen LogP contribution < -0.4 is 5.32 Å². The lowest BCUT2D eigenvalue weighted by Gasteiger charge is -2.36. The van der Waals surface area contributed by atoms with Gasteiger partial charge in [-0.1, -0.05) is 19.1 Å². The van der Waals surface area contributed by atoms with Crippen molar-refractivity contribution in [1.29, 1.82) is 0 Å². The molecule has 2 fully saturated rings. The number of carbonyl (C=O) groups is 2. The predicted octanol–water partition coefficient (Wildman–Crippen LogP) is 3.39. The van der Waals surface area contributed by atoms with Gasteiger partial charge in [0.05, 0.1) is 30.6 Å². The number of hydrogen-bond donors (Lipinski definition) is 1. The highest BCUT2D eigenvalue weighted by molar-refractivity contribution is 7.91. The van der Waals surface area contributed by atoms with Crippen LogP contribution in [0.2, 0.25) is 0 Å². The Bertz CT molecular complexity index is 1260. The fraction of sp³-hybridized carbons (Fsp3) is 0.480. The van der Waals surface area contributed by atoms with Crippen LogP contribution in [0.1, 0.15) is 54.2 Å². The highest BCUT2D eigenvalue weighted by Crippen LogP contribution is 2.34. The van der Waals surface area contributed by atoms with Gasteiger partial charge in [0.15, 0.2) is 14.9 Å². The number of hydrogen-bond acceptors (Lipinski definition) is 6. The highest BCUT2D eigenvalue weighted by atomic mass is 32.2. The van der Waals surface area contributed by atoms with Gasteiger partial charge in [0.25, 0.3) is 5.91 Å². The van der Waals surface area contributed by atoms with E-state index in [1.165, 1.54) is 42.3 Å². The molecule has 0 unspecified atom stereocenters. The lowest BCUT2D eigenvalue weighted by molar-refractivity contribution is -0.137. The second-order valence-electron chi connectivity index (χ2n) is 9.34. The van der Waals surface area contributed by atoms with Crippen LogP contribution in [0.3, 0.4) is 0 Å². The summed E-state index contributed by atoms with van der Waals surface area (Å²) in [5, 5.41) is 2.73. The number of carbonyl (C=O) groups excluding carboxylic acids is 2. The molecule has 0 aliphatic carbocycles. The maximum atomic E-state index is 13.4. The number of rotatable bonds is 7. The van der Waals surface area contributed by atoms with Gasteiger partial charge in [0.1, 0.15) is 6.04 Å². The molecule has 1 aromatic heterocycles. The summed E-state index contributed by atoms with van der Waals surface area (Å²) in [4.78, 5) is 32.2. The summed E-state index contributed by atoms with van der Waals surface area (Å²) in [5.41, 5.74) is -0.156. The van der Waals surface area contributed by atoms with Gasteiger partial charge >= 0.3 is 6.18 Å². The van der Waals surface area contributed by atoms with Gasteiger partial charge in [0.2, 0.25) is 5.91 Å². The van der Waals surface area contributed by atoms with Crippen molar-refractivity contribution in [3.05, 3.63) is 59.3 Å². The van der Waals surface area contributed by atoms with E-state index in [4.69, 9.17) is 4.74 Å². The number of halogens is 3. The summed E-state index contributed by atoms with van der Waals surface area (Å²) in [6.07, 6.45) is -2.26. The molecule has 200 valence electrons. The van der Waals surface area contributed by atoms with Gasteiger partial charge in [-0.2, -0.15) is 13.2 Å². The van der Waals surface area contributed by atoms with Crippen molar-refractivity contribution in [2.45, 2.75) is 56.0 Å². The van der Waals surface area contributed by atoms with Crippen LogP contribution >= 0.6 is 0 Å². The monoisotopic (exact) mass is 539 g/mol. The van der Waals surface area contributed by atoms with E-state index >= 15 is 0 Å². The Balaban J connectivity index is 1.56. The molecular weight excluding hydrogens is 511 g/mol. The first-order valence-corrected chi connectivity index (χ1v) is 13.6. The molecule has 2 aromatic rings. The second kappa shape index (κ2) is 10.4. The molecule has 2 aliphatic rings. The summed E-state index contributed by atoms with van der Waals surface area (Å²) in [6, 6.07) is 5.60. The van der Waals surface area contributed by atoms with Crippen LogP contribution in [0.25, 0.3) is 0 Å². The maximum Gasteiger partial charge on any atom is 0.416 e. The molecule has 0 radical (unpaired) electrons. The Labute approximate surface area is 213 Å². The van der Waals surface area contributed by atoms with E-state index in [0.29, 0.717) is 31.6 Å². The molecule has 0 bridgehead atoms. The van der Waals surface area contributed by atoms with E-state index in [9.17, 15) is 31.2 Å². The van der Waals surface area contributed by atoms with Crippen molar-refractivity contribution in [1.82, 2.24) is 15.2 Å². The molecule has 2 aliphatic heterocycles. The summed E-state index contributed by atoms with van der Waals surface area (Å²) in [5.74, 6) is -1.20. The first kappa shape index (κ1) is 27.1. The number of sulfone groups is 1. The lowest BCUT2D eigenvalue weighted by Crippen LogP contribution is -2.51. The first-order valence-electron chi connectivity index (χ1n) is 12.0. The Hall–Kier alpha value is -2.99. The number of alkyl halides is 3. The Morgan fingerprint density at radius 3 is 2.41 bits per heavy atom. The number of benzene rings is 1. The molecule has 3 heterocycles. The van der Waals surface area contributed by atoms with E-state index in [2.05, 4.69) is 10.3 Å². The zero-order chi connectivity index (χ0) is 27.0. The fourth-order valence-corrected chi connectivity index (χ4v) is 5.47. The van der Waals surface area contributed by atoms with E-state index in [-0.39, 0.29) is 28.3 Å². The zero-order valence-corrected chi connectivity index (χ0v) is 21.2. The van der Waals surface area contributed by atoms with Gasteiger partial charge in [0, 0.05) is 23.7 Å². The summed E-state index contributed by atoms with van der Waals surface area (Å²) in [7, 11) is -3.63. The van der Waals surface area contributed by atoms with Crippen LogP contribution in [0.5, 0.6) is 0 Å². The van der Waals surface area contributed by atoms with Gasteiger partial charge < -0.3 is 15.0 Å². The molecule has 12 heteroatoms. The summed E-state index contributed by atoms with van der Waals surface area (Å²) < 4.78 is 68.8. The van der Waals surface area contributed by atoms with Gasteiger partial charge in [-0.25, -0.2) is 13.4 Å². The molecule has 4 rings (SSSR count). The predicted molar refractivity (Wildman–Crippen MR) is 127 cm³/mol. The highest BCUT2D eigenvalue weighted by Gasteiger charge is 2.41. The number of pyridine rings is 1. The third-order valence-electron chi connectivity index (χ3n) is 6.92. The van der Waals surface area contributed by atoms with Gasteiger partial charge in [-0.3, -0.25) is 9.59 Å². The molecule has 1 aromatic carbocycles. The van der Waals surface area contributed by atoms with E-state index in [1.54, 1.807) is 0 Å². The smallest absolute Gasteiger partial charge is 0.381 e. The number of ether oxygens (including phenoxy) is 1. The van der Waals surface area contributed by atoms with Crippen LogP contribution in [0, 0.1) is 5.92 Å². The first-order chi connectivity index (χ1) is 17.4. The van der Waals surface area contributed by atoms with Crippen molar-refractivity contribution in [3.63, 3.8) is 0 Å². The number of likely N-dealkylation sites (tertiary alicyclic amines) is 1. The van der Waals surface area contributed by atoms with Gasteiger partial charge in [-0.05, 0) is 49.6 Å². The molecule has 2 saturated heterocycles. The fourth-order valence-electron chi connectivity index (χ4n) is 4.64. The molecule has 8 nitrogen and oxygen atoms in total. The van der Waals surface area contributed by atoms with Crippen LogP contribution in [-0.2, 0) is 25.5 Å². The van der Waals surface area contributed by atoms with Crippen molar-refractivity contribution < 1.29 is 35.9 Å². The Morgan fingerprint density at radius 1 is 1.16 bits per heavy atom. The third-order valence-corrected chi connectivity index (χ3v) is 8.54. The molecule has 2 amide bonds. The normalized spacial score (nSPS) is 21.4. The standard InChI is InChI=1S/C25H28F3N3O5S/c1-3-37(34,35)21-12-17(10-11-29-21)24(33)31-15(2)4-9-20(31)23(32)30-22(18-13-36-14-18)16-5-7-19(8-6-16)25(26,27)28/h5-8,10-12,15,18,20,22H,3-4,9,13-14H2,1-2H3,(H,30,32)/t15-,20-,22+/m1/s1. The molecule has 0 spiro atoms. The van der Waals surface area contributed by atoms with Crippen molar-refractivity contribution in [3.8, 4) is 0 Å². The minimum absolute atomic E-state index is 0.111. The van der Waals surface area contributed by atoms with Gasteiger partial charge in [-0.15, -0.1) is 0 Å². The molecular formula is C25H28F3N3O5S. The zero-order valence-electron chi connectivity index (χ0n) is 20.4. The van der Waals surface area contributed by atoms with Crippen LogP contribution in [0.4, 0.5) is 13.2 Å². The Morgan fingerprint density at radius 2 is 1.84 bits per heavy atom. The summed E-state index contributed by atoms with van der Waals surface area (Å²) >= 11 is 0. The SMILES string of the molecule is CCS(=O)(=O)c1cc(C(=O)N2[C@H](C)CC[C@@H]2C(=O)N[C@@H](c2ccc(C(F)(F)F)cc2)C2COC2)ccn1. The minimum Gasteiger partial charge on any atom is -0.381 e.